The summed E-state index contributed by atoms with van der Waals surface area (Å²) in [5.74, 6) is -0.349. The molecule has 1 atom stereocenters. The van der Waals surface area contributed by atoms with Gasteiger partial charge < -0.3 is 25.0 Å². The number of nitrogens with zero attached hydrogens (tertiary/aromatic N) is 2. The van der Waals surface area contributed by atoms with Gasteiger partial charge in [0.1, 0.15) is 0 Å². The van der Waals surface area contributed by atoms with Gasteiger partial charge in [0.25, 0.3) is 0 Å². The molecule has 7 nitrogen and oxygen atoms in total. The minimum Gasteiger partial charge on any atom is -0.503 e. The number of aryl methyl sites for hydroxylation is 1. The lowest BCUT2D eigenvalue weighted by atomic mass is 10.1. The van der Waals surface area contributed by atoms with Crippen LogP contribution in [-0.4, -0.2) is 62.8 Å². The van der Waals surface area contributed by atoms with Crippen molar-refractivity contribution in [1.29, 1.82) is 0 Å². The van der Waals surface area contributed by atoms with Crippen molar-refractivity contribution < 1.29 is 20.4 Å². The summed E-state index contributed by atoms with van der Waals surface area (Å²) in [5.41, 5.74) is 0.587. The van der Waals surface area contributed by atoms with Crippen LogP contribution in [0.3, 0.4) is 0 Å². The van der Waals surface area contributed by atoms with Crippen LogP contribution in [0.5, 0.6) is 5.75 Å². The highest BCUT2D eigenvalue weighted by molar-refractivity contribution is 5.30. The monoisotopic (exact) mass is 314 g/mol. The summed E-state index contributed by atoms with van der Waals surface area (Å²) in [5, 5.41) is 37.9. The lowest BCUT2D eigenvalue weighted by molar-refractivity contribution is 0.148. The third-order valence-electron chi connectivity index (χ3n) is 3.77. The second-order valence-electron chi connectivity index (χ2n) is 5.28. The van der Waals surface area contributed by atoms with Crippen LogP contribution in [0.25, 0.3) is 0 Å². The Morgan fingerprint density at radius 3 is 2.27 bits per heavy atom. The fourth-order valence-electron chi connectivity index (χ4n) is 2.61. The normalized spacial score (nSPS) is 12.8. The number of pyridine rings is 1. The molecule has 0 aromatic carbocycles. The molecule has 1 aromatic rings. The van der Waals surface area contributed by atoms with E-state index in [0.29, 0.717) is 30.9 Å². The Kier molecular flexibility index (Phi) is 7.53. The molecular formula is C15H26N2O5. The van der Waals surface area contributed by atoms with Crippen molar-refractivity contribution in [3.63, 3.8) is 0 Å². The molecule has 126 valence electrons. The van der Waals surface area contributed by atoms with Gasteiger partial charge in [-0.05, 0) is 13.3 Å². The van der Waals surface area contributed by atoms with Crippen LogP contribution in [0, 0.1) is 6.92 Å². The van der Waals surface area contributed by atoms with Gasteiger partial charge in [0, 0.05) is 31.4 Å². The zero-order valence-electron chi connectivity index (χ0n) is 13.2. The van der Waals surface area contributed by atoms with Gasteiger partial charge in [0.15, 0.2) is 5.75 Å². The molecule has 0 saturated heterocycles. The van der Waals surface area contributed by atoms with Gasteiger partial charge in [0.05, 0.1) is 31.6 Å². The Morgan fingerprint density at radius 2 is 1.82 bits per heavy atom. The zero-order valence-corrected chi connectivity index (χ0v) is 13.2. The van der Waals surface area contributed by atoms with Crippen molar-refractivity contribution in [3.8, 4) is 5.75 Å². The summed E-state index contributed by atoms with van der Waals surface area (Å²) in [6.07, 6.45) is 0.645. The van der Waals surface area contributed by atoms with E-state index in [1.54, 1.807) is 16.4 Å². The van der Waals surface area contributed by atoms with E-state index < -0.39 is 5.43 Å². The first-order valence-electron chi connectivity index (χ1n) is 7.49. The van der Waals surface area contributed by atoms with Gasteiger partial charge in [-0.1, -0.05) is 6.92 Å². The minimum absolute atomic E-state index is 0.0893. The van der Waals surface area contributed by atoms with Crippen LogP contribution in [0.2, 0.25) is 0 Å². The molecule has 0 amide bonds. The predicted octanol–water partition coefficient (Wildman–Crippen LogP) is -0.408. The van der Waals surface area contributed by atoms with Gasteiger partial charge in [-0.3, -0.25) is 9.69 Å². The Hall–Kier alpha value is -1.41. The summed E-state index contributed by atoms with van der Waals surface area (Å²) >= 11 is 0. The van der Waals surface area contributed by atoms with E-state index in [2.05, 4.69) is 0 Å². The average molecular weight is 314 g/mol. The Balaban J connectivity index is 3.32. The molecule has 0 aliphatic heterocycles. The predicted molar refractivity (Wildman–Crippen MR) is 83.0 cm³/mol. The molecule has 0 aliphatic rings. The lowest BCUT2D eigenvalue weighted by Gasteiger charge is -2.28. The first-order valence-corrected chi connectivity index (χ1v) is 7.49. The molecule has 1 aromatic heterocycles. The first kappa shape index (κ1) is 18.6. The van der Waals surface area contributed by atoms with Crippen molar-refractivity contribution >= 4 is 0 Å². The van der Waals surface area contributed by atoms with Crippen molar-refractivity contribution in [1.82, 2.24) is 9.47 Å². The molecule has 7 heteroatoms. The van der Waals surface area contributed by atoms with Crippen molar-refractivity contribution in [3.05, 3.63) is 27.7 Å². The molecule has 0 saturated carbocycles. The molecule has 0 radical (unpaired) electrons. The lowest BCUT2D eigenvalue weighted by Crippen LogP contribution is -2.33. The number of rotatable bonds is 9. The van der Waals surface area contributed by atoms with Crippen molar-refractivity contribution in [2.75, 3.05) is 32.9 Å². The maximum absolute atomic E-state index is 11.9. The molecule has 4 N–H and O–H groups in total. The van der Waals surface area contributed by atoms with Gasteiger partial charge in [-0.25, -0.2) is 0 Å². The third-order valence-corrected chi connectivity index (χ3v) is 3.77. The summed E-state index contributed by atoms with van der Waals surface area (Å²) < 4.78 is 1.76. The van der Waals surface area contributed by atoms with Crippen LogP contribution >= 0.6 is 0 Å². The van der Waals surface area contributed by atoms with E-state index in [0.717, 1.165) is 0 Å². The molecule has 0 fully saturated rings. The van der Waals surface area contributed by atoms with Crippen LogP contribution in [0.4, 0.5) is 0 Å². The van der Waals surface area contributed by atoms with Crippen LogP contribution in [0.15, 0.2) is 10.9 Å². The number of aromatic hydroxyl groups is 1. The average Bonchev–Trinajstić information content (AvgIpc) is 2.48. The molecular weight excluding hydrogens is 288 g/mol. The van der Waals surface area contributed by atoms with E-state index in [-0.39, 0.29) is 38.2 Å². The largest absolute Gasteiger partial charge is 0.503 e. The fourth-order valence-corrected chi connectivity index (χ4v) is 2.61. The molecule has 0 aliphatic carbocycles. The van der Waals surface area contributed by atoms with Crippen LogP contribution in [0.1, 0.15) is 30.8 Å². The van der Waals surface area contributed by atoms with E-state index in [1.807, 2.05) is 6.92 Å². The maximum Gasteiger partial charge on any atom is 0.223 e. The van der Waals surface area contributed by atoms with E-state index >= 15 is 0 Å². The first-order chi connectivity index (χ1) is 10.5. The van der Waals surface area contributed by atoms with Crippen molar-refractivity contribution in [2.45, 2.75) is 32.9 Å². The van der Waals surface area contributed by atoms with E-state index in [1.165, 1.54) is 6.07 Å². The highest BCUT2D eigenvalue weighted by atomic mass is 16.3. The number of aliphatic hydroxyl groups is 3. The van der Waals surface area contributed by atoms with Gasteiger partial charge in [-0.2, -0.15) is 0 Å². The van der Waals surface area contributed by atoms with Crippen LogP contribution < -0.4 is 5.43 Å². The Morgan fingerprint density at radius 1 is 1.23 bits per heavy atom. The summed E-state index contributed by atoms with van der Waals surface area (Å²) in [6, 6.07) is 1.10. The summed E-state index contributed by atoms with van der Waals surface area (Å²) in [7, 11) is 0. The second-order valence-corrected chi connectivity index (χ2v) is 5.28. The molecule has 1 heterocycles. The summed E-state index contributed by atoms with van der Waals surface area (Å²) in [6.45, 7) is 4.23. The Labute approximate surface area is 130 Å². The molecule has 0 spiro atoms. The maximum atomic E-state index is 11.9. The molecule has 1 rings (SSSR count). The van der Waals surface area contributed by atoms with Crippen LogP contribution in [-0.2, 0) is 6.54 Å². The van der Waals surface area contributed by atoms with Gasteiger partial charge in [-0.15, -0.1) is 0 Å². The minimum atomic E-state index is -0.468. The van der Waals surface area contributed by atoms with E-state index in [4.69, 9.17) is 10.2 Å². The smallest absolute Gasteiger partial charge is 0.223 e. The molecule has 22 heavy (non-hydrogen) atoms. The quantitative estimate of drug-likeness (QED) is 0.494. The zero-order chi connectivity index (χ0) is 16.7. The van der Waals surface area contributed by atoms with E-state index in [9.17, 15) is 15.0 Å². The van der Waals surface area contributed by atoms with Gasteiger partial charge >= 0.3 is 0 Å². The molecule has 1 unspecified atom stereocenters. The highest BCUT2D eigenvalue weighted by Gasteiger charge is 2.20. The fraction of sp³-hybridized carbons (Fsp3) is 0.667. The van der Waals surface area contributed by atoms with Gasteiger partial charge in [0.2, 0.25) is 5.43 Å². The topological polar surface area (TPSA) is 106 Å². The second kappa shape index (κ2) is 8.89. The molecule has 0 bridgehead atoms. The number of aromatic nitrogens is 1. The number of hydrogen-bond acceptors (Lipinski definition) is 6. The third kappa shape index (κ3) is 4.30. The SMILES string of the molecule is CCC(CO)n1c(C)cc(=O)c(O)c1CN(CCO)CCO. The highest BCUT2D eigenvalue weighted by Crippen LogP contribution is 2.23. The Bertz CT molecular complexity index is 519. The number of aliphatic hydroxyl groups excluding tert-OH is 3. The standard InChI is InChI=1S/C15H26N2O5/c1-3-12(10-20)17-11(2)8-14(21)15(22)13(17)9-16(4-6-18)5-7-19/h8,12,18-20,22H,3-7,9-10H2,1-2H3. The number of hydrogen-bond donors (Lipinski definition) is 4. The summed E-state index contributed by atoms with van der Waals surface area (Å²) in [4.78, 5) is 13.6. The van der Waals surface area contributed by atoms with Crippen molar-refractivity contribution in [2.24, 2.45) is 0 Å².